The molecule has 1 fully saturated rings. The summed E-state index contributed by atoms with van der Waals surface area (Å²) in [6.07, 6.45) is 0.778. The first-order valence-corrected chi connectivity index (χ1v) is 4.97. The Morgan fingerprint density at radius 1 is 1.25 bits per heavy atom. The first kappa shape index (κ1) is 10.5. The number of H-pyrrole nitrogens is 2. The summed E-state index contributed by atoms with van der Waals surface area (Å²) in [5.74, 6) is -0.219. The first-order chi connectivity index (χ1) is 7.70. The maximum Gasteiger partial charge on any atom is 0.272 e. The van der Waals surface area contributed by atoms with Crippen LogP contribution in [-0.4, -0.2) is 58.5 Å². The molecule has 0 aliphatic carbocycles. The lowest BCUT2D eigenvalue weighted by molar-refractivity contribution is -0.119. The topological polar surface area (TPSA) is 89.3 Å². The number of piperazine rings is 1. The van der Waals surface area contributed by atoms with Gasteiger partial charge in [0.05, 0.1) is 0 Å². The van der Waals surface area contributed by atoms with Crippen molar-refractivity contribution >= 4 is 12.3 Å². The summed E-state index contributed by atoms with van der Waals surface area (Å²) in [4.78, 5) is 36.4. The Morgan fingerprint density at radius 2 is 1.94 bits per heavy atom. The normalized spacial score (nSPS) is 16.2. The Balaban J connectivity index is 2.02. The number of carbonyl (C=O) groups excluding carboxylic acids is 2. The maximum atomic E-state index is 11.8. The number of nitrogens with one attached hydrogen (secondary N) is 2. The summed E-state index contributed by atoms with van der Waals surface area (Å²) in [6.45, 7) is 2.04. The van der Waals surface area contributed by atoms with E-state index in [-0.39, 0.29) is 17.2 Å². The molecule has 1 aliphatic rings. The molecule has 0 spiro atoms. The van der Waals surface area contributed by atoms with Crippen molar-refractivity contribution < 1.29 is 9.59 Å². The van der Waals surface area contributed by atoms with Crippen molar-refractivity contribution in [2.24, 2.45) is 0 Å². The molecular formula is C9H12N4O3. The van der Waals surface area contributed by atoms with Crippen LogP contribution in [0.15, 0.2) is 10.9 Å². The molecule has 1 aromatic heterocycles. The SMILES string of the molecule is O=CN1CCN(C(=O)c2cc(=O)[nH][nH]2)CC1. The smallest absolute Gasteiger partial charge is 0.272 e. The monoisotopic (exact) mass is 224 g/mol. The van der Waals surface area contributed by atoms with E-state index in [1.165, 1.54) is 6.07 Å². The van der Waals surface area contributed by atoms with E-state index in [4.69, 9.17) is 0 Å². The molecule has 86 valence electrons. The fourth-order valence-corrected chi connectivity index (χ4v) is 1.65. The third kappa shape index (κ3) is 1.97. The molecule has 2 N–H and O–H groups in total. The number of hydrogen-bond acceptors (Lipinski definition) is 3. The van der Waals surface area contributed by atoms with Crippen LogP contribution in [0.1, 0.15) is 10.5 Å². The number of nitrogens with zero attached hydrogens (tertiary/aromatic N) is 2. The molecule has 16 heavy (non-hydrogen) atoms. The lowest BCUT2D eigenvalue weighted by atomic mass is 10.3. The van der Waals surface area contributed by atoms with E-state index in [0.717, 1.165) is 6.41 Å². The zero-order valence-corrected chi connectivity index (χ0v) is 8.60. The highest BCUT2D eigenvalue weighted by Gasteiger charge is 2.22. The Labute approximate surface area is 91.0 Å². The van der Waals surface area contributed by atoms with Crippen molar-refractivity contribution in [3.63, 3.8) is 0 Å². The minimum Gasteiger partial charge on any atom is -0.342 e. The molecule has 1 aromatic rings. The van der Waals surface area contributed by atoms with Crippen LogP contribution in [0, 0.1) is 0 Å². The van der Waals surface area contributed by atoms with Crippen molar-refractivity contribution in [2.45, 2.75) is 0 Å². The molecule has 1 aliphatic heterocycles. The van der Waals surface area contributed by atoms with Crippen LogP contribution in [0.2, 0.25) is 0 Å². The molecule has 2 amide bonds. The van der Waals surface area contributed by atoms with Gasteiger partial charge in [0.1, 0.15) is 5.69 Å². The van der Waals surface area contributed by atoms with E-state index in [1.54, 1.807) is 9.80 Å². The van der Waals surface area contributed by atoms with Gasteiger partial charge in [-0.3, -0.25) is 24.6 Å². The highest BCUT2D eigenvalue weighted by atomic mass is 16.2. The molecule has 0 saturated carbocycles. The van der Waals surface area contributed by atoms with Crippen LogP contribution in [-0.2, 0) is 4.79 Å². The highest BCUT2D eigenvalue weighted by molar-refractivity contribution is 5.92. The van der Waals surface area contributed by atoms with E-state index in [1.807, 2.05) is 0 Å². The van der Waals surface area contributed by atoms with Crippen molar-refractivity contribution in [3.05, 3.63) is 22.1 Å². The zero-order chi connectivity index (χ0) is 11.5. The first-order valence-electron chi connectivity index (χ1n) is 4.97. The summed E-state index contributed by atoms with van der Waals surface area (Å²) in [6, 6.07) is 1.23. The van der Waals surface area contributed by atoms with E-state index in [2.05, 4.69) is 10.2 Å². The molecule has 0 unspecified atom stereocenters. The Hall–Kier alpha value is -2.05. The standard InChI is InChI=1S/C9H12N4O3/c14-6-12-1-3-13(4-2-12)9(16)7-5-8(15)11-10-7/h5-6H,1-4H2,(H2,10,11,15). The fourth-order valence-electron chi connectivity index (χ4n) is 1.65. The second kappa shape index (κ2) is 4.21. The summed E-state index contributed by atoms with van der Waals surface area (Å²) in [7, 11) is 0. The number of hydrogen-bond donors (Lipinski definition) is 2. The van der Waals surface area contributed by atoms with Gasteiger partial charge >= 0.3 is 0 Å². The van der Waals surface area contributed by atoms with Crippen LogP contribution in [0.3, 0.4) is 0 Å². The van der Waals surface area contributed by atoms with Crippen molar-refractivity contribution in [1.82, 2.24) is 20.0 Å². The third-order valence-corrected chi connectivity index (χ3v) is 2.58. The van der Waals surface area contributed by atoms with E-state index < -0.39 is 0 Å². The van der Waals surface area contributed by atoms with E-state index >= 15 is 0 Å². The van der Waals surface area contributed by atoms with Gasteiger partial charge in [0.15, 0.2) is 0 Å². The summed E-state index contributed by atoms with van der Waals surface area (Å²) in [5.41, 5.74) is -0.0700. The summed E-state index contributed by atoms with van der Waals surface area (Å²) in [5, 5.41) is 4.83. The summed E-state index contributed by atoms with van der Waals surface area (Å²) < 4.78 is 0. The number of rotatable bonds is 2. The second-order valence-electron chi connectivity index (χ2n) is 3.61. The second-order valence-corrected chi connectivity index (χ2v) is 3.61. The van der Waals surface area contributed by atoms with Gasteiger partial charge in [0, 0.05) is 32.2 Å². The maximum absolute atomic E-state index is 11.8. The molecule has 0 bridgehead atoms. The predicted molar refractivity (Wildman–Crippen MR) is 55.0 cm³/mol. The average Bonchev–Trinajstić information content (AvgIpc) is 2.75. The number of aromatic nitrogens is 2. The molecule has 0 atom stereocenters. The van der Waals surface area contributed by atoms with Gasteiger partial charge in [-0.15, -0.1) is 0 Å². The minimum atomic E-state index is -0.324. The average molecular weight is 224 g/mol. The molecule has 0 radical (unpaired) electrons. The van der Waals surface area contributed by atoms with Gasteiger partial charge in [-0.1, -0.05) is 0 Å². The lowest BCUT2D eigenvalue weighted by Gasteiger charge is -2.32. The Bertz CT molecular complexity index is 442. The van der Waals surface area contributed by atoms with Crippen LogP contribution >= 0.6 is 0 Å². The minimum absolute atomic E-state index is 0.219. The predicted octanol–water partition coefficient (Wildman–Crippen LogP) is -1.38. The largest absolute Gasteiger partial charge is 0.342 e. The van der Waals surface area contributed by atoms with Gasteiger partial charge in [-0.05, 0) is 0 Å². The van der Waals surface area contributed by atoms with Gasteiger partial charge in [-0.2, -0.15) is 0 Å². The summed E-state index contributed by atoms with van der Waals surface area (Å²) >= 11 is 0. The number of aromatic amines is 2. The fraction of sp³-hybridized carbons (Fsp3) is 0.444. The van der Waals surface area contributed by atoms with Crippen LogP contribution in [0.5, 0.6) is 0 Å². The molecule has 1 saturated heterocycles. The van der Waals surface area contributed by atoms with Crippen molar-refractivity contribution in [1.29, 1.82) is 0 Å². The van der Waals surface area contributed by atoms with Crippen molar-refractivity contribution in [2.75, 3.05) is 26.2 Å². The van der Waals surface area contributed by atoms with Crippen LogP contribution in [0.4, 0.5) is 0 Å². The number of carbonyl (C=O) groups is 2. The van der Waals surface area contributed by atoms with Crippen LogP contribution < -0.4 is 5.56 Å². The van der Waals surface area contributed by atoms with Crippen molar-refractivity contribution in [3.8, 4) is 0 Å². The molecule has 7 heteroatoms. The van der Waals surface area contributed by atoms with Crippen LogP contribution in [0.25, 0.3) is 0 Å². The highest BCUT2D eigenvalue weighted by Crippen LogP contribution is 2.04. The van der Waals surface area contributed by atoms with Gasteiger partial charge in [0.2, 0.25) is 6.41 Å². The van der Waals surface area contributed by atoms with Gasteiger partial charge in [-0.25, -0.2) is 0 Å². The molecule has 2 rings (SSSR count). The van der Waals surface area contributed by atoms with E-state index in [0.29, 0.717) is 26.2 Å². The van der Waals surface area contributed by atoms with Gasteiger partial charge < -0.3 is 9.80 Å². The Kier molecular flexibility index (Phi) is 2.76. The zero-order valence-electron chi connectivity index (χ0n) is 8.60. The lowest BCUT2D eigenvalue weighted by Crippen LogP contribution is -2.48. The third-order valence-electron chi connectivity index (χ3n) is 2.58. The molecule has 0 aromatic carbocycles. The molecule has 7 nitrogen and oxygen atoms in total. The quantitative estimate of drug-likeness (QED) is 0.606. The molecular weight excluding hydrogens is 212 g/mol. The Morgan fingerprint density at radius 3 is 2.44 bits per heavy atom. The molecule has 2 heterocycles. The van der Waals surface area contributed by atoms with Gasteiger partial charge in [0.25, 0.3) is 11.5 Å². The van der Waals surface area contributed by atoms with E-state index in [9.17, 15) is 14.4 Å². The number of amides is 2.